The molecule has 0 aromatic heterocycles. The second-order valence-electron chi connectivity index (χ2n) is 5.75. The van der Waals surface area contributed by atoms with Gasteiger partial charge in [0, 0.05) is 18.7 Å². The van der Waals surface area contributed by atoms with Crippen molar-refractivity contribution in [1.29, 1.82) is 0 Å². The summed E-state index contributed by atoms with van der Waals surface area (Å²) in [6, 6.07) is 9.91. The van der Waals surface area contributed by atoms with Crippen molar-refractivity contribution in [2.45, 2.75) is 6.92 Å². The molecule has 8 heteroatoms. The molecule has 2 aromatic carbocycles. The fourth-order valence-electron chi connectivity index (χ4n) is 2.43. The largest absolute Gasteiger partial charge is 0.497 e. The molecule has 0 aliphatic heterocycles. The number of anilines is 2. The van der Waals surface area contributed by atoms with Gasteiger partial charge in [0.2, 0.25) is 10.0 Å². The fourth-order valence-corrected chi connectivity index (χ4v) is 3.00. The average Bonchev–Trinajstić information content (AvgIpc) is 2.60. The summed E-state index contributed by atoms with van der Waals surface area (Å²) in [6.45, 7) is 1.75. The SMILES string of the molecule is COc1ccc(OC)c(NC(=O)c2ccc(N(C)S(C)(=O)=O)c(C)c2)c1. The van der Waals surface area contributed by atoms with E-state index in [1.807, 2.05) is 0 Å². The van der Waals surface area contributed by atoms with E-state index in [4.69, 9.17) is 9.47 Å². The summed E-state index contributed by atoms with van der Waals surface area (Å²) in [5.41, 5.74) is 2.07. The molecule has 0 saturated carbocycles. The Morgan fingerprint density at radius 2 is 1.77 bits per heavy atom. The van der Waals surface area contributed by atoms with E-state index in [0.29, 0.717) is 34.0 Å². The van der Waals surface area contributed by atoms with Gasteiger partial charge in [0.05, 0.1) is 31.9 Å². The van der Waals surface area contributed by atoms with Crippen molar-refractivity contribution in [1.82, 2.24) is 0 Å². The summed E-state index contributed by atoms with van der Waals surface area (Å²) in [6.07, 6.45) is 1.13. The molecule has 0 aliphatic carbocycles. The molecule has 2 aromatic rings. The predicted molar refractivity (Wildman–Crippen MR) is 102 cm³/mol. The highest BCUT2D eigenvalue weighted by Crippen LogP contribution is 2.30. The number of rotatable bonds is 6. The van der Waals surface area contributed by atoms with Gasteiger partial charge in [0.15, 0.2) is 0 Å². The maximum absolute atomic E-state index is 12.6. The van der Waals surface area contributed by atoms with E-state index in [-0.39, 0.29) is 5.91 Å². The molecule has 0 unspecified atom stereocenters. The number of amides is 1. The van der Waals surface area contributed by atoms with Crippen LogP contribution in [0, 0.1) is 6.92 Å². The van der Waals surface area contributed by atoms with E-state index in [1.54, 1.807) is 43.3 Å². The minimum atomic E-state index is -3.37. The van der Waals surface area contributed by atoms with Gasteiger partial charge in [-0.25, -0.2) is 8.42 Å². The maximum atomic E-state index is 12.6. The molecule has 0 bridgehead atoms. The first kappa shape index (κ1) is 19.6. The van der Waals surface area contributed by atoms with Crippen LogP contribution in [-0.4, -0.2) is 41.8 Å². The number of hydrogen-bond donors (Lipinski definition) is 1. The topological polar surface area (TPSA) is 84.9 Å². The maximum Gasteiger partial charge on any atom is 0.255 e. The Morgan fingerprint density at radius 3 is 2.31 bits per heavy atom. The van der Waals surface area contributed by atoms with E-state index in [1.165, 1.54) is 25.6 Å². The summed E-state index contributed by atoms with van der Waals surface area (Å²) in [7, 11) is 1.14. The predicted octanol–water partition coefficient (Wildman–Crippen LogP) is 2.66. The van der Waals surface area contributed by atoms with E-state index in [0.717, 1.165) is 6.26 Å². The number of carbonyl (C=O) groups excluding carboxylic acids is 1. The summed E-state index contributed by atoms with van der Waals surface area (Å²) in [4.78, 5) is 12.6. The Kier molecular flexibility index (Phi) is 5.76. The van der Waals surface area contributed by atoms with Crippen LogP contribution < -0.4 is 19.1 Å². The van der Waals surface area contributed by atoms with E-state index in [9.17, 15) is 13.2 Å². The Balaban J connectivity index is 2.30. The lowest BCUT2D eigenvalue weighted by atomic mass is 10.1. The molecule has 0 radical (unpaired) electrons. The van der Waals surface area contributed by atoms with Crippen molar-refractivity contribution < 1.29 is 22.7 Å². The number of sulfonamides is 1. The molecule has 0 aliphatic rings. The Morgan fingerprint density at radius 1 is 1.08 bits per heavy atom. The van der Waals surface area contributed by atoms with E-state index < -0.39 is 10.0 Å². The van der Waals surface area contributed by atoms with Crippen LogP contribution in [0.15, 0.2) is 36.4 Å². The molecule has 0 saturated heterocycles. The number of nitrogens with zero attached hydrogens (tertiary/aromatic N) is 1. The normalized spacial score (nSPS) is 11.0. The highest BCUT2D eigenvalue weighted by molar-refractivity contribution is 7.92. The Bertz CT molecular complexity index is 925. The number of ether oxygens (including phenoxy) is 2. The lowest BCUT2D eigenvalue weighted by Gasteiger charge is -2.19. The summed E-state index contributed by atoms with van der Waals surface area (Å²) < 4.78 is 35.0. The van der Waals surface area contributed by atoms with Gasteiger partial charge in [-0.3, -0.25) is 9.10 Å². The Hall–Kier alpha value is -2.74. The molecular formula is C18H22N2O5S. The average molecular weight is 378 g/mol. The number of benzene rings is 2. The van der Waals surface area contributed by atoms with Crippen molar-refractivity contribution in [2.75, 3.05) is 37.1 Å². The first-order chi connectivity index (χ1) is 12.2. The number of aryl methyl sites for hydroxylation is 1. The smallest absolute Gasteiger partial charge is 0.255 e. The molecule has 1 amide bonds. The van der Waals surface area contributed by atoms with Crippen molar-refractivity contribution in [3.63, 3.8) is 0 Å². The third-order valence-corrected chi connectivity index (χ3v) is 5.14. The first-order valence-electron chi connectivity index (χ1n) is 7.75. The van der Waals surface area contributed by atoms with Crippen LogP contribution in [0.2, 0.25) is 0 Å². The molecule has 0 spiro atoms. The fraction of sp³-hybridized carbons (Fsp3) is 0.278. The molecule has 0 heterocycles. The van der Waals surface area contributed by atoms with Crippen LogP contribution in [0.3, 0.4) is 0 Å². The minimum Gasteiger partial charge on any atom is -0.497 e. The zero-order valence-electron chi connectivity index (χ0n) is 15.4. The zero-order valence-corrected chi connectivity index (χ0v) is 16.2. The molecule has 140 valence electrons. The van der Waals surface area contributed by atoms with Gasteiger partial charge >= 0.3 is 0 Å². The quantitative estimate of drug-likeness (QED) is 0.835. The van der Waals surface area contributed by atoms with Gasteiger partial charge in [-0.15, -0.1) is 0 Å². The highest BCUT2D eigenvalue weighted by atomic mass is 32.2. The van der Waals surface area contributed by atoms with Crippen LogP contribution in [0.4, 0.5) is 11.4 Å². The van der Waals surface area contributed by atoms with Gasteiger partial charge < -0.3 is 14.8 Å². The van der Waals surface area contributed by atoms with Gasteiger partial charge in [-0.2, -0.15) is 0 Å². The van der Waals surface area contributed by atoms with Crippen LogP contribution in [0.5, 0.6) is 11.5 Å². The minimum absolute atomic E-state index is 0.340. The summed E-state index contributed by atoms with van der Waals surface area (Å²) in [5.74, 6) is 0.750. The number of methoxy groups -OCH3 is 2. The molecule has 7 nitrogen and oxygen atoms in total. The Labute approximate surface area is 153 Å². The van der Waals surface area contributed by atoms with Crippen molar-refractivity contribution >= 4 is 27.3 Å². The lowest BCUT2D eigenvalue weighted by molar-refractivity contribution is 0.102. The van der Waals surface area contributed by atoms with Crippen LogP contribution in [-0.2, 0) is 10.0 Å². The molecule has 26 heavy (non-hydrogen) atoms. The molecule has 0 fully saturated rings. The number of nitrogens with one attached hydrogen (secondary N) is 1. The van der Waals surface area contributed by atoms with Gasteiger partial charge in [-0.05, 0) is 42.8 Å². The third-order valence-electron chi connectivity index (χ3n) is 3.95. The molecular weight excluding hydrogens is 356 g/mol. The van der Waals surface area contributed by atoms with E-state index in [2.05, 4.69) is 5.32 Å². The standard InChI is InChI=1S/C18H22N2O5S/c1-12-10-13(6-8-16(12)20(2)26(5,22)23)18(21)19-15-11-14(24-3)7-9-17(15)25-4/h6-11H,1-5H3,(H,19,21). The van der Waals surface area contributed by atoms with Crippen molar-refractivity contribution in [3.05, 3.63) is 47.5 Å². The van der Waals surface area contributed by atoms with Crippen molar-refractivity contribution in [2.24, 2.45) is 0 Å². The van der Waals surface area contributed by atoms with Gasteiger partial charge in [0.25, 0.3) is 5.91 Å². The molecule has 1 N–H and O–H groups in total. The van der Waals surface area contributed by atoms with Crippen molar-refractivity contribution in [3.8, 4) is 11.5 Å². The van der Waals surface area contributed by atoms with E-state index >= 15 is 0 Å². The second kappa shape index (κ2) is 7.65. The van der Waals surface area contributed by atoms with Crippen LogP contribution >= 0.6 is 0 Å². The third kappa shape index (κ3) is 4.26. The number of carbonyl (C=O) groups is 1. The first-order valence-corrected chi connectivity index (χ1v) is 9.60. The lowest BCUT2D eigenvalue weighted by Crippen LogP contribution is -2.25. The van der Waals surface area contributed by atoms with Crippen LogP contribution in [0.25, 0.3) is 0 Å². The zero-order chi connectivity index (χ0) is 19.5. The number of hydrogen-bond acceptors (Lipinski definition) is 5. The molecule has 2 rings (SSSR count). The molecule has 0 atom stereocenters. The monoisotopic (exact) mass is 378 g/mol. The van der Waals surface area contributed by atoms with Gasteiger partial charge in [-0.1, -0.05) is 0 Å². The highest BCUT2D eigenvalue weighted by Gasteiger charge is 2.17. The summed E-state index contributed by atoms with van der Waals surface area (Å²) >= 11 is 0. The van der Waals surface area contributed by atoms with Gasteiger partial charge in [0.1, 0.15) is 11.5 Å². The summed E-state index contributed by atoms with van der Waals surface area (Å²) in [5, 5.41) is 2.78. The second-order valence-corrected chi connectivity index (χ2v) is 7.77. The van der Waals surface area contributed by atoms with Crippen LogP contribution in [0.1, 0.15) is 15.9 Å².